The maximum atomic E-state index is 6.13. The molecule has 3 aromatic heterocycles. The van der Waals surface area contributed by atoms with E-state index in [1.165, 1.54) is 126 Å². The Balaban J connectivity index is 1.45. The Morgan fingerprint density at radius 3 is 1.16 bits per heavy atom. The highest BCUT2D eigenvalue weighted by Crippen LogP contribution is 2.45. The molecule has 0 bridgehead atoms. The Morgan fingerprint density at radius 2 is 0.738 bits per heavy atom. The minimum Gasteiger partial charge on any atom is -0.382 e. The van der Waals surface area contributed by atoms with Crippen molar-refractivity contribution in [2.45, 2.75) is 116 Å². The van der Waals surface area contributed by atoms with Crippen molar-refractivity contribution < 1.29 is 47.4 Å². The van der Waals surface area contributed by atoms with Gasteiger partial charge in [-0.15, -0.1) is 34.0 Å². The monoisotopic (exact) mass is 912 g/mol. The van der Waals surface area contributed by atoms with Crippen LogP contribution in [0.25, 0.3) is 19.5 Å². The summed E-state index contributed by atoms with van der Waals surface area (Å²) in [6, 6.07) is 6.87. The summed E-state index contributed by atoms with van der Waals surface area (Å²) in [5, 5.41) is 4.39. The van der Waals surface area contributed by atoms with E-state index < -0.39 is 0 Å². The van der Waals surface area contributed by atoms with Crippen LogP contribution >= 0.6 is 34.0 Å². The number of aryl methyl sites for hydroxylation is 1. The molecule has 0 saturated heterocycles. The third-order valence-corrected chi connectivity index (χ3v) is 13.6. The molecule has 10 nitrogen and oxygen atoms in total. The van der Waals surface area contributed by atoms with E-state index in [9.17, 15) is 0 Å². The van der Waals surface area contributed by atoms with Crippen LogP contribution in [0, 0.1) is 0 Å². The summed E-state index contributed by atoms with van der Waals surface area (Å²) < 4.78 is 55.6. The van der Waals surface area contributed by atoms with Gasteiger partial charge in [0, 0.05) is 28.9 Å². The smallest absolute Gasteiger partial charge is 0.0732 e. The molecule has 0 fully saturated rings. The van der Waals surface area contributed by atoms with Crippen LogP contribution in [-0.2, 0) is 67.0 Å². The number of hydrogen-bond acceptors (Lipinski definition) is 13. The molecule has 3 rings (SSSR count). The summed E-state index contributed by atoms with van der Waals surface area (Å²) in [5.74, 6) is 0. The summed E-state index contributed by atoms with van der Waals surface area (Å²) in [5.41, 5.74) is 3.92. The van der Waals surface area contributed by atoms with Crippen LogP contribution in [0.2, 0.25) is 0 Å². The lowest BCUT2D eigenvalue weighted by Gasteiger charge is -2.09. The van der Waals surface area contributed by atoms with E-state index in [0.717, 1.165) is 6.42 Å². The van der Waals surface area contributed by atoms with Gasteiger partial charge in [0.25, 0.3) is 0 Å². The van der Waals surface area contributed by atoms with Crippen LogP contribution in [0.3, 0.4) is 0 Å². The molecule has 0 atom stereocenters. The highest BCUT2D eigenvalue weighted by molar-refractivity contribution is 7.26. The van der Waals surface area contributed by atoms with Gasteiger partial charge in [0.05, 0.1) is 124 Å². The van der Waals surface area contributed by atoms with Gasteiger partial charge in [0.1, 0.15) is 0 Å². The molecule has 0 amide bonds. The zero-order valence-electron chi connectivity index (χ0n) is 38.0. The number of methoxy groups -OCH3 is 2. The quantitative estimate of drug-likeness (QED) is 0.0510. The first-order valence-electron chi connectivity index (χ1n) is 23.1. The van der Waals surface area contributed by atoms with E-state index in [2.05, 4.69) is 35.9 Å². The fourth-order valence-electron chi connectivity index (χ4n) is 6.71. The Labute approximate surface area is 381 Å². The zero-order chi connectivity index (χ0) is 43.1. The van der Waals surface area contributed by atoms with E-state index in [0.29, 0.717) is 119 Å². The van der Waals surface area contributed by atoms with Gasteiger partial charge in [-0.1, -0.05) is 90.4 Å². The number of hydrogen-bond donors (Lipinski definition) is 0. The number of rotatable bonds is 45. The fourth-order valence-corrected chi connectivity index (χ4v) is 10.1. The highest BCUT2D eigenvalue weighted by atomic mass is 32.1. The summed E-state index contributed by atoms with van der Waals surface area (Å²) >= 11 is 5.54. The minimum atomic E-state index is 0.537. The number of thiophene rings is 3. The van der Waals surface area contributed by atoms with Crippen molar-refractivity contribution in [2.75, 3.05) is 120 Å². The maximum absolute atomic E-state index is 6.13. The second-order valence-corrected chi connectivity index (χ2v) is 18.0. The van der Waals surface area contributed by atoms with Crippen LogP contribution in [-0.4, -0.2) is 120 Å². The molecule has 0 spiro atoms. The molecular weight excluding hydrogens is 833 g/mol. The average molecular weight is 913 g/mol. The predicted molar refractivity (Wildman–Crippen MR) is 253 cm³/mol. The Bertz CT molecular complexity index is 1400. The third-order valence-electron chi connectivity index (χ3n) is 10.1. The van der Waals surface area contributed by atoms with Gasteiger partial charge in [-0.25, -0.2) is 0 Å². The predicted octanol–water partition coefficient (Wildman–Crippen LogP) is 11.7. The van der Waals surface area contributed by atoms with Gasteiger partial charge in [0.2, 0.25) is 0 Å². The standard InChI is InChI=1S/C48H80O10S3/c1-4-5-6-7-8-9-10-11-12-13-14-15-16-17-18-42-39-45(46-43(19-37-59-46)40-57-35-33-55-31-29-53-27-25-51-23-21-49-2)61-48(42)47-44(20-38-60-47)41-58-36-34-56-32-30-54-28-26-52-24-22-50-3/h19-20,37-39H,4-18,21-36,40-41H2,1-3H3. The van der Waals surface area contributed by atoms with E-state index in [1.807, 2.05) is 22.7 Å². The minimum absolute atomic E-state index is 0.537. The van der Waals surface area contributed by atoms with Crippen molar-refractivity contribution in [3.63, 3.8) is 0 Å². The molecule has 0 N–H and O–H groups in total. The highest BCUT2D eigenvalue weighted by Gasteiger charge is 2.19. The molecule has 0 aliphatic carbocycles. The van der Waals surface area contributed by atoms with Gasteiger partial charge in [-0.05, 0) is 58.5 Å². The summed E-state index contributed by atoms with van der Waals surface area (Å²) in [4.78, 5) is 5.33. The molecule has 0 saturated carbocycles. The van der Waals surface area contributed by atoms with Gasteiger partial charge < -0.3 is 47.4 Å². The van der Waals surface area contributed by atoms with Gasteiger partial charge in [-0.2, -0.15) is 0 Å². The van der Waals surface area contributed by atoms with Crippen molar-refractivity contribution in [3.05, 3.63) is 45.6 Å². The topological polar surface area (TPSA) is 92.3 Å². The fraction of sp³-hybridized carbons (Fsp3) is 0.750. The van der Waals surface area contributed by atoms with Crippen molar-refractivity contribution >= 4 is 34.0 Å². The number of ether oxygens (including phenoxy) is 10. The largest absolute Gasteiger partial charge is 0.382 e. The summed E-state index contributed by atoms with van der Waals surface area (Å²) in [7, 11) is 3.34. The second-order valence-electron chi connectivity index (χ2n) is 15.1. The molecule has 13 heteroatoms. The van der Waals surface area contributed by atoms with Crippen LogP contribution in [0.4, 0.5) is 0 Å². The van der Waals surface area contributed by atoms with E-state index >= 15 is 0 Å². The Kier molecular flexibility index (Phi) is 34.6. The third kappa shape index (κ3) is 26.3. The first-order valence-corrected chi connectivity index (χ1v) is 25.7. The van der Waals surface area contributed by atoms with Crippen LogP contribution < -0.4 is 0 Å². The SMILES string of the molecule is CCCCCCCCCCCCCCCCc1cc(-c2sccc2COCCOCCOCCOCCOC)sc1-c1sccc1COCCOCCOCCOCCOC. The first-order chi connectivity index (χ1) is 30.3. The first kappa shape index (κ1) is 54.0. The van der Waals surface area contributed by atoms with Crippen LogP contribution in [0.1, 0.15) is 114 Å². The van der Waals surface area contributed by atoms with E-state index in [-0.39, 0.29) is 0 Å². The van der Waals surface area contributed by atoms with Gasteiger partial charge >= 0.3 is 0 Å². The van der Waals surface area contributed by atoms with Crippen molar-refractivity contribution in [3.8, 4) is 19.5 Å². The van der Waals surface area contributed by atoms with Gasteiger partial charge in [-0.3, -0.25) is 0 Å². The lowest BCUT2D eigenvalue weighted by molar-refractivity contribution is -0.00943. The summed E-state index contributed by atoms with van der Waals surface area (Å²) in [6.45, 7) is 12.3. The van der Waals surface area contributed by atoms with E-state index in [4.69, 9.17) is 47.4 Å². The normalized spacial score (nSPS) is 11.7. The van der Waals surface area contributed by atoms with Crippen LogP contribution in [0.5, 0.6) is 0 Å². The molecule has 0 aliphatic rings. The average Bonchev–Trinajstić information content (AvgIpc) is 4.04. The molecule has 350 valence electrons. The maximum Gasteiger partial charge on any atom is 0.0732 e. The van der Waals surface area contributed by atoms with Gasteiger partial charge in [0.15, 0.2) is 0 Å². The van der Waals surface area contributed by atoms with E-state index in [1.54, 1.807) is 25.6 Å². The summed E-state index contributed by atoms with van der Waals surface area (Å²) in [6.07, 6.45) is 20.3. The molecular formula is C48H80O10S3. The van der Waals surface area contributed by atoms with Crippen molar-refractivity contribution in [2.24, 2.45) is 0 Å². The van der Waals surface area contributed by atoms with Crippen molar-refractivity contribution in [1.29, 1.82) is 0 Å². The molecule has 61 heavy (non-hydrogen) atoms. The second kappa shape index (κ2) is 39.1. The zero-order valence-corrected chi connectivity index (χ0v) is 40.5. The Hall–Kier alpha value is -1.30. The number of unbranched alkanes of at least 4 members (excludes halogenated alkanes) is 13. The van der Waals surface area contributed by atoms with Crippen LogP contribution in [0.15, 0.2) is 29.0 Å². The van der Waals surface area contributed by atoms with Crippen molar-refractivity contribution in [1.82, 2.24) is 0 Å². The lowest BCUT2D eigenvalue weighted by Crippen LogP contribution is -2.12. The Morgan fingerprint density at radius 1 is 0.377 bits per heavy atom. The molecule has 3 aromatic rings. The molecule has 0 aromatic carbocycles. The molecule has 3 heterocycles. The molecule has 0 unspecified atom stereocenters. The molecule has 0 radical (unpaired) electrons. The molecule has 0 aliphatic heterocycles. The lowest BCUT2D eigenvalue weighted by atomic mass is 10.0.